The summed E-state index contributed by atoms with van der Waals surface area (Å²) >= 11 is 0. The van der Waals surface area contributed by atoms with Crippen LogP contribution in [0.4, 0.5) is 0 Å². The second-order valence-electron chi connectivity index (χ2n) is 8.03. The lowest BCUT2D eigenvalue weighted by atomic mass is 9.93. The molecule has 6 N–H and O–H groups in total. The quantitative estimate of drug-likeness (QED) is 0.134. The molecule has 0 radical (unpaired) electrons. The van der Waals surface area contributed by atoms with Gasteiger partial charge in [0.15, 0.2) is 0 Å². The SMILES string of the molecule is CCCCCCCCCCCCCCCCC(C)C(C)(N)O.O=P(O)(O)O. The van der Waals surface area contributed by atoms with Crippen LogP contribution in [0.1, 0.15) is 117 Å². The minimum atomic E-state index is -4.64. The lowest BCUT2D eigenvalue weighted by molar-refractivity contribution is 0.00810. The van der Waals surface area contributed by atoms with Gasteiger partial charge in [-0.15, -0.1) is 0 Å². The van der Waals surface area contributed by atoms with E-state index >= 15 is 0 Å². The van der Waals surface area contributed by atoms with Gasteiger partial charge in [0.1, 0.15) is 5.72 Å². The molecule has 0 rings (SSSR count). The maximum Gasteiger partial charge on any atom is 0.466 e. The Kier molecular flexibility index (Phi) is 19.6. The van der Waals surface area contributed by atoms with Gasteiger partial charge in [-0.2, -0.15) is 0 Å². The Bertz CT molecular complexity index is 347. The molecule has 2 unspecified atom stereocenters. The molecule has 0 aliphatic rings. The summed E-state index contributed by atoms with van der Waals surface area (Å²) in [5, 5.41) is 9.67. The van der Waals surface area contributed by atoms with Gasteiger partial charge in [-0.1, -0.05) is 104 Å². The van der Waals surface area contributed by atoms with Gasteiger partial charge < -0.3 is 25.5 Å². The average Bonchev–Trinajstić information content (AvgIpc) is 2.52. The Morgan fingerprint density at radius 3 is 1.30 bits per heavy atom. The maximum atomic E-state index is 9.67. The molecule has 0 spiro atoms. The summed E-state index contributed by atoms with van der Waals surface area (Å²) in [6.45, 7) is 6.03. The highest BCUT2D eigenvalue weighted by Gasteiger charge is 2.21. The van der Waals surface area contributed by atoms with E-state index in [2.05, 4.69) is 6.92 Å². The van der Waals surface area contributed by atoms with Crippen molar-refractivity contribution in [2.24, 2.45) is 11.7 Å². The van der Waals surface area contributed by atoms with Crippen molar-refractivity contribution in [2.75, 3.05) is 0 Å². The maximum absolute atomic E-state index is 9.67. The minimum absolute atomic E-state index is 0.199. The molecule has 166 valence electrons. The number of aliphatic hydroxyl groups is 1. The number of hydrogen-bond acceptors (Lipinski definition) is 3. The van der Waals surface area contributed by atoms with Crippen molar-refractivity contribution >= 4 is 7.82 Å². The first kappa shape index (κ1) is 29.2. The van der Waals surface area contributed by atoms with Crippen LogP contribution in [0.25, 0.3) is 0 Å². The van der Waals surface area contributed by atoms with Crippen LogP contribution in [0.5, 0.6) is 0 Å². The molecule has 27 heavy (non-hydrogen) atoms. The Morgan fingerprint density at radius 1 is 0.778 bits per heavy atom. The summed E-state index contributed by atoms with van der Waals surface area (Å²) in [6, 6.07) is 0. The van der Waals surface area contributed by atoms with Gasteiger partial charge in [-0.3, -0.25) is 0 Å². The molecular formula is C20H46NO5P. The minimum Gasteiger partial charge on any atom is -0.376 e. The summed E-state index contributed by atoms with van der Waals surface area (Å²) in [7, 11) is -4.64. The Morgan fingerprint density at radius 2 is 1.04 bits per heavy atom. The van der Waals surface area contributed by atoms with E-state index in [9.17, 15) is 5.11 Å². The van der Waals surface area contributed by atoms with E-state index in [-0.39, 0.29) is 5.92 Å². The average molecular weight is 412 g/mol. The molecule has 0 fully saturated rings. The fraction of sp³-hybridized carbons (Fsp3) is 1.00. The summed E-state index contributed by atoms with van der Waals surface area (Å²) in [5.41, 5.74) is 4.69. The third-order valence-corrected chi connectivity index (χ3v) is 4.99. The van der Waals surface area contributed by atoms with E-state index in [1.165, 1.54) is 89.9 Å². The number of unbranched alkanes of at least 4 members (excludes halogenated alkanes) is 13. The number of nitrogens with two attached hydrogens (primary N) is 1. The van der Waals surface area contributed by atoms with Crippen molar-refractivity contribution in [3.63, 3.8) is 0 Å². The van der Waals surface area contributed by atoms with Crippen LogP contribution in [0, 0.1) is 5.92 Å². The zero-order chi connectivity index (χ0) is 21.2. The molecule has 0 saturated heterocycles. The van der Waals surface area contributed by atoms with Gasteiger partial charge in [-0.25, -0.2) is 4.57 Å². The van der Waals surface area contributed by atoms with E-state index in [0.717, 1.165) is 6.42 Å². The van der Waals surface area contributed by atoms with Gasteiger partial charge >= 0.3 is 7.82 Å². The van der Waals surface area contributed by atoms with Gasteiger partial charge in [0, 0.05) is 0 Å². The van der Waals surface area contributed by atoms with E-state index < -0.39 is 13.5 Å². The Hall–Kier alpha value is 0.0300. The van der Waals surface area contributed by atoms with Crippen molar-refractivity contribution in [1.82, 2.24) is 0 Å². The predicted molar refractivity (Wildman–Crippen MR) is 113 cm³/mol. The lowest BCUT2D eigenvalue weighted by Gasteiger charge is -2.25. The highest BCUT2D eigenvalue weighted by atomic mass is 31.2. The predicted octanol–water partition coefficient (Wildman–Crippen LogP) is 5.23. The van der Waals surface area contributed by atoms with Crippen LogP contribution >= 0.6 is 7.82 Å². The Labute approximate surface area is 167 Å². The summed E-state index contributed by atoms with van der Waals surface area (Å²) < 4.78 is 8.88. The molecule has 7 heteroatoms. The first-order valence-electron chi connectivity index (χ1n) is 10.8. The van der Waals surface area contributed by atoms with Crippen molar-refractivity contribution in [1.29, 1.82) is 0 Å². The van der Waals surface area contributed by atoms with Gasteiger partial charge in [0.2, 0.25) is 0 Å². The van der Waals surface area contributed by atoms with Gasteiger partial charge in [0.05, 0.1) is 0 Å². The van der Waals surface area contributed by atoms with Crippen molar-refractivity contribution in [3.05, 3.63) is 0 Å². The van der Waals surface area contributed by atoms with Crippen LogP contribution in [0.2, 0.25) is 0 Å². The monoisotopic (exact) mass is 411 g/mol. The van der Waals surface area contributed by atoms with Crippen LogP contribution in [-0.2, 0) is 4.57 Å². The molecule has 2 atom stereocenters. The fourth-order valence-corrected chi connectivity index (χ4v) is 2.94. The molecule has 0 bridgehead atoms. The third-order valence-electron chi connectivity index (χ3n) is 4.99. The van der Waals surface area contributed by atoms with Gasteiger partial charge in [-0.05, 0) is 19.3 Å². The molecular weight excluding hydrogens is 365 g/mol. The van der Waals surface area contributed by atoms with Crippen LogP contribution in [0.15, 0.2) is 0 Å². The zero-order valence-electron chi connectivity index (χ0n) is 17.9. The third kappa shape index (κ3) is 31.0. The lowest BCUT2D eigenvalue weighted by Crippen LogP contribution is -2.42. The highest BCUT2D eigenvalue weighted by Crippen LogP contribution is 2.25. The molecule has 0 aromatic carbocycles. The molecule has 0 aliphatic heterocycles. The number of hydrogen-bond donors (Lipinski definition) is 5. The van der Waals surface area contributed by atoms with E-state index in [4.69, 9.17) is 25.0 Å². The molecule has 0 aromatic rings. The molecule has 0 aliphatic carbocycles. The molecule has 0 saturated carbocycles. The molecule has 0 aromatic heterocycles. The topological polar surface area (TPSA) is 124 Å². The molecule has 0 heterocycles. The molecule has 6 nitrogen and oxygen atoms in total. The standard InChI is InChI=1S/C20H43NO.H3O4P/c1-4-5-6-7-8-9-10-11-12-13-14-15-16-17-18-19(2)20(3,21)22;1-5(2,3)4/h19,22H,4-18,21H2,1-3H3;(H3,1,2,3,4). The van der Waals surface area contributed by atoms with E-state index in [1.807, 2.05) is 6.92 Å². The Balaban J connectivity index is 0. The summed E-state index contributed by atoms with van der Waals surface area (Å²) in [5.74, 6) is 0.199. The first-order valence-corrected chi connectivity index (χ1v) is 12.3. The van der Waals surface area contributed by atoms with Crippen LogP contribution in [0.3, 0.4) is 0 Å². The zero-order valence-corrected chi connectivity index (χ0v) is 18.8. The first-order chi connectivity index (χ1) is 12.5. The van der Waals surface area contributed by atoms with Crippen molar-refractivity contribution < 1.29 is 24.4 Å². The van der Waals surface area contributed by atoms with Crippen molar-refractivity contribution in [3.8, 4) is 0 Å². The highest BCUT2D eigenvalue weighted by molar-refractivity contribution is 7.45. The van der Waals surface area contributed by atoms with Gasteiger partial charge in [0.25, 0.3) is 0 Å². The summed E-state index contributed by atoms with van der Waals surface area (Å²) in [4.78, 5) is 21.6. The summed E-state index contributed by atoms with van der Waals surface area (Å²) in [6.07, 6.45) is 20.5. The number of rotatable bonds is 16. The van der Waals surface area contributed by atoms with E-state index in [1.54, 1.807) is 6.92 Å². The normalized spacial score (nSPS) is 15.0. The second-order valence-corrected chi connectivity index (χ2v) is 9.05. The number of phosphoric acid groups is 1. The fourth-order valence-electron chi connectivity index (χ4n) is 2.94. The largest absolute Gasteiger partial charge is 0.466 e. The smallest absolute Gasteiger partial charge is 0.376 e. The van der Waals surface area contributed by atoms with Crippen molar-refractivity contribution in [2.45, 2.75) is 123 Å². The van der Waals surface area contributed by atoms with Crippen LogP contribution < -0.4 is 5.73 Å². The van der Waals surface area contributed by atoms with Crippen LogP contribution in [-0.4, -0.2) is 25.5 Å². The molecule has 0 amide bonds. The second kappa shape index (κ2) is 18.1. The van der Waals surface area contributed by atoms with E-state index in [0.29, 0.717) is 0 Å².